The molecule has 2 heterocycles. The Balaban J connectivity index is 2.33. The van der Waals surface area contributed by atoms with Gasteiger partial charge in [0.15, 0.2) is 11.5 Å². The van der Waals surface area contributed by atoms with Gasteiger partial charge in [-0.05, 0) is 11.5 Å². The van der Waals surface area contributed by atoms with E-state index in [4.69, 9.17) is 4.52 Å². The van der Waals surface area contributed by atoms with Crippen molar-refractivity contribution < 1.29 is 4.52 Å². The molecule has 0 aliphatic carbocycles. The SMILES string of the molecule is CC(C)c1noc(-c2csnn2)n1. The van der Waals surface area contributed by atoms with Crippen LogP contribution in [0.2, 0.25) is 0 Å². The molecular weight excluding hydrogens is 188 g/mol. The number of rotatable bonds is 2. The molecule has 0 saturated heterocycles. The normalized spacial score (nSPS) is 11.0. The molecule has 0 unspecified atom stereocenters. The number of aromatic nitrogens is 4. The summed E-state index contributed by atoms with van der Waals surface area (Å²) < 4.78 is 8.73. The van der Waals surface area contributed by atoms with E-state index < -0.39 is 0 Å². The van der Waals surface area contributed by atoms with Crippen LogP contribution in [0.4, 0.5) is 0 Å². The Labute approximate surface area is 79.0 Å². The van der Waals surface area contributed by atoms with Gasteiger partial charge in [0.05, 0.1) is 0 Å². The fourth-order valence-corrected chi connectivity index (χ4v) is 1.26. The van der Waals surface area contributed by atoms with E-state index in [2.05, 4.69) is 19.7 Å². The van der Waals surface area contributed by atoms with Gasteiger partial charge in [-0.3, -0.25) is 0 Å². The van der Waals surface area contributed by atoms with Crippen molar-refractivity contribution in [2.45, 2.75) is 19.8 Å². The van der Waals surface area contributed by atoms with E-state index in [9.17, 15) is 0 Å². The average Bonchev–Trinajstić information content (AvgIpc) is 2.75. The van der Waals surface area contributed by atoms with E-state index in [0.717, 1.165) is 0 Å². The van der Waals surface area contributed by atoms with Crippen LogP contribution in [0.5, 0.6) is 0 Å². The summed E-state index contributed by atoms with van der Waals surface area (Å²) in [5.74, 6) is 1.41. The quantitative estimate of drug-likeness (QED) is 0.731. The molecule has 0 amide bonds. The summed E-state index contributed by atoms with van der Waals surface area (Å²) in [6.07, 6.45) is 0. The van der Waals surface area contributed by atoms with E-state index in [1.165, 1.54) is 11.5 Å². The van der Waals surface area contributed by atoms with Crippen LogP contribution >= 0.6 is 11.5 Å². The number of hydrogen-bond acceptors (Lipinski definition) is 6. The van der Waals surface area contributed by atoms with Crippen LogP contribution in [-0.4, -0.2) is 19.7 Å². The minimum atomic E-state index is 0.268. The van der Waals surface area contributed by atoms with Crippen LogP contribution in [-0.2, 0) is 0 Å². The summed E-state index contributed by atoms with van der Waals surface area (Å²) in [5.41, 5.74) is 0.643. The zero-order valence-electron chi connectivity index (χ0n) is 7.26. The third kappa shape index (κ3) is 1.57. The summed E-state index contributed by atoms with van der Waals surface area (Å²) in [5, 5.41) is 9.43. The zero-order chi connectivity index (χ0) is 9.26. The molecular formula is C7H8N4OS. The number of nitrogens with zero attached hydrogens (tertiary/aromatic N) is 4. The van der Waals surface area contributed by atoms with Crippen molar-refractivity contribution in [1.82, 2.24) is 19.7 Å². The van der Waals surface area contributed by atoms with Crippen molar-refractivity contribution >= 4 is 11.5 Å². The largest absolute Gasteiger partial charge is 0.332 e. The highest BCUT2D eigenvalue weighted by molar-refractivity contribution is 7.03. The van der Waals surface area contributed by atoms with Crippen molar-refractivity contribution in [2.75, 3.05) is 0 Å². The van der Waals surface area contributed by atoms with Crippen LogP contribution in [0.3, 0.4) is 0 Å². The van der Waals surface area contributed by atoms with Gasteiger partial charge in [0, 0.05) is 11.3 Å². The highest BCUT2D eigenvalue weighted by Gasteiger charge is 2.12. The Morgan fingerprint density at radius 2 is 2.31 bits per heavy atom. The Morgan fingerprint density at radius 1 is 1.46 bits per heavy atom. The lowest BCUT2D eigenvalue weighted by molar-refractivity contribution is 0.418. The van der Waals surface area contributed by atoms with Crippen molar-refractivity contribution in [2.24, 2.45) is 0 Å². The smallest absolute Gasteiger partial charge is 0.279 e. The summed E-state index contributed by atoms with van der Waals surface area (Å²) >= 11 is 1.26. The highest BCUT2D eigenvalue weighted by Crippen LogP contribution is 2.17. The van der Waals surface area contributed by atoms with Crippen LogP contribution < -0.4 is 0 Å². The predicted molar refractivity (Wildman–Crippen MR) is 47.3 cm³/mol. The Hall–Kier alpha value is -1.30. The molecule has 0 aliphatic heterocycles. The second kappa shape index (κ2) is 3.21. The monoisotopic (exact) mass is 196 g/mol. The topological polar surface area (TPSA) is 64.7 Å². The molecule has 0 aliphatic rings. The number of hydrogen-bond donors (Lipinski definition) is 0. The van der Waals surface area contributed by atoms with E-state index in [1.54, 1.807) is 5.38 Å². The van der Waals surface area contributed by atoms with E-state index in [-0.39, 0.29) is 5.92 Å². The van der Waals surface area contributed by atoms with Gasteiger partial charge in [-0.2, -0.15) is 4.98 Å². The third-order valence-electron chi connectivity index (χ3n) is 1.54. The molecule has 2 rings (SSSR count). The molecule has 68 valence electrons. The Morgan fingerprint density at radius 3 is 2.85 bits per heavy atom. The lowest BCUT2D eigenvalue weighted by Gasteiger charge is -1.91. The summed E-state index contributed by atoms with van der Waals surface area (Å²) in [4.78, 5) is 4.18. The van der Waals surface area contributed by atoms with Gasteiger partial charge in [0.1, 0.15) is 0 Å². The van der Waals surface area contributed by atoms with Crippen LogP contribution in [0.15, 0.2) is 9.90 Å². The fraction of sp³-hybridized carbons (Fsp3) is 0.429. The first-order valence-corrected chi connectivity index (χ1v) is 4.72. The second-order valence-electron chi connectivity index (χ2n) is 2.90. The zero-order valence-corrected chi connectivity index (χ0v) is 8.08. The molecule has 6 heteroatoms. The van der Waals surface area contributed by atoms with Crippen molar-refractivity contribution in [3.8, 4) is 11.6 Å². The summed E-state index contributed by atoms with van der Waals surface area (Å²) in [6.45, 7) is 4.02. The molecule has 2 aromatic heterocycles. The van der Waals surface area contributed by atoms with Gasteiger partial charge >= 0.3 is 0 Å². The molecule has 0 saturated carbocycles. The Bertz CT molecular complexity index is 381. The van der Waals surface area contributed by atoms with E-state index in [1.807, 2.05) is 13.8 Å². The molecule has 2 aromatic rings. The van der Waals surface area contributed by atoms with Gasteiger partial charge in [0.25, 0.3) is 5.89 Å². The average molecular weight is 196 g/mol. The van der Waals surface area contributed by atoms with Crippen LogP contribution in [0.1, 0.15) is 25.6 Å². The lowest BCUT2D eigenvalue weighted by Crippen LogP contribution is -1.89. The van der Waals surface area contributed by atoms with Crippen LogP contribution in [0.25, 0.3) is 11.6 Å². The first-order chi connectivity index (χ1) is 6.27. The maximum atomic E-state index is 5.01. The molecule has 5 nitrogen and oxygen atoms in total. The summed E-state index contributed by atoms with van der Waals surface area (Å²) in [7, 11) is 0. The van der Waals surface area contributed by atoms with Gasteiger partial charge in [-0.25, -0.2) is 0 Å². The molecule has 0 radical (unpaired) electrons. The van der Waals surface area contributed by atoms with Gasteiger partial charge in [-0.1, -0.05) is 23.5 Å². The molecule has 0 bridgehead atoms. The van der Waals surface area contributed by atoms with Crippen LogP contribution in [0, 0.1) is 0 Å². The first kappa shape index (κ1) is 8.31. The van der Waals surface area contributed by atoms with Gasteiger partial charge < -0.3 is 4.52 Å². The minimum Gasteiger partial charge on any atom is -0.332 e. The summed E-state index contributed by atoms with van der Waals surface area (Å²) in [6, 6.07) is 0. The van der Waals surface area contributed by atoms with Crippen molar-refractivity contribution in [3.63, 3.8) is 0 Å². The molecule has 0 spiro atoms. The van der Waals surface area contributed by atoms with E-state index >= 15 is 0 Å². The molecule has 0 fully saturated rings. The van der Waals surface area contributed by atoms with Gasteiger partial charge in [-0.15, -0.1) is 5.10 Å². The molecule has 13 heavy (non-hydrogen) atoms. The molecule has 0 aromatic carbocycles. The second-order valence-corrected chi connectivity index (χ2v) is 3.51. The molecule has 0 N–H and O–H groups in total. The predicted octanol–water partition coefficient (Wildman–Crippen LogP) is 1.71. The van der Waals surface area contributed by atoms with Crippen molar-refractivity contribution in [3.05, 3.63) is 11.2 Å². The Kier molecular flexibility index (Phi) is 2.05. The maximum Gasteiger partial charge on any atom is 0.279 e. The minimum absolute atomic E-state index is 0.268. The fourth-order valence-electron chi connectivity index (χ4n) is 0.831. The lowest BCUT2D eigenvalue weighted by atomic mass is 10.2. The maximum absolute atomic E-state index is 5.01. The third-order valence-corrected chi connectivity index (χ3v) is 2.04. The highest BCUT2D eigenvalue weighted by atomic mass is 32.1. The van der Waals surface area contributed by atoms with E-state index in [0.29, 0.717) is 17.4 Å². The first-order valence-electron chi connectivity index (χ1n) is 3.88. The van der Waals surface area contributed by atoms with Gasteiger partial charge in [0.2, 0.25) is 0 Å². The molecule has 0 atom stereocenters. The van der Waals surface area contributed by atoms with Crippen molar-refractivity contribution in [1.29, 1.82) is 0 Å². The standard InChI is InChI=1S/C7H8N4OS/c1-4(2)6-8-7(12-10-6)5-3-13-11-9-5/h3-4H,1-2H3.